The van der Waals surface area contributed by atoms with Gasteiger partial charge in [-0.25, -0.2) is 18.1 Å². The molecule has 3 rings (SSSR count). The zero-order valence-corrected chi connectivity index (χ0v) is 13.3. The molecule has 0 aromatic carbocycles. The fourth-order valence-electron chi connectivity index (χ4n) is 2.62. The summed E-state index contributed by atoms with van der Waals surface area (Å²) in [5.74, 6) is 1.43. The molecule has 2 aromatic heterocycles. The van der Waals surface area contributed by atoms with Gasteiger partial charge in [-0.05, 0) is 25.5 Å². The smallest absolute Gasteiger partial charge is 0.273 e. The highest BCUT2D eigenvalue weighted by molar-refractivity contribution is 7.89. The zero-order valence-electron chi connectivity index (χ0n) is 12.5. The van der Waals surface area contributed by atoms with Crippen LogP contribution in [0.1, 0.15) is 24.1 Å². The lowest BCUT2D eigenvalue weighted by Gasteiger charge is -2.18. The van der Waals surface area contributed by atoms with Gasteiger partial charge in [-0.15, -0.1) is 0 Å². The topological polar surface area (TPSA) is 86.4 Å². The number of nitrogens with one attached hydrogen (secondary N) is 1. The number of sulfonamides is 1. The molecule has 1 N–H and O–H groups in total. The van der Waals surface area contributed by atoms with Crippen LogP contribution < -0.4 is 4.72 Å². The van der Waals surface area contributed by atoms with Gasteiger partial charge in [0.1, 0.15) is 17.7 Å². The summed E-state index contributed by atoms with van der Waals surface area (Å²) in [6.45, 7) is 2.60. The van der Waals surface area contributed by atoms with E-state index in [2.05, 4.69) is 9.71 Å². The Balaban J connectivity index is 1.69. The summed E-state index contributed by atoms with van der Waals surface area (Å²) in [6, 6.07) is 3.09. The van der Waals surface area contributed by atoms with Gasteiger partial charge in [0, 0.05) is 38.5 Å². The lowest BCUT2D eigenvalue weighted by atomic mass is 10.0. The molecule has 0 bridgehead atoms. The van der Waals surface area contributed by atoms with Gasteiger partial charge in [0.25, 0.3) is 10.0 Å². The molecular formula is C14H19N3O4S. The Morgan fingerprint density at radius 1 is 1.45 bits per heavy atom. The predicted octanol–water partition coefficient (Wildman–Crippen LogP) is 1.38. The van der Waals surface area contributed by atoms with Crippen molar-refractivity contribution in [1.82, 2.24) is 14.3 Å². The summed E-state index contributed by atoms with van der Waals surface area (Å²) in [7, 11) is -1.73. The first-order valence-corrected chi connectivity index (χ1v) is 8.60. The van der Waals surface area contributed by atoms with E-state index in [0.717, 1.165) is 12.2 Å². The Bertz CT molecular complexity index is 750. The average molecular weight is 325 g/mol. The van der Waals surface area contributed by atoms with Gasteiger partial charge in [0.15, 0.2) is 0 Å². The number of aryl methyl sites for hydroxylation is 2. The quantitative estimate of drug-likeness (QED) is 0.897. The second kappa shape index (κ2) is 5.86. The number of imidazole rings is 1. The molecule has 0 radical (unpaired) electrons. The van der Waals surface area contributed by atoms with Crippen molar-refractivity contribution >= 4 is 10.0 Å². The minimum Gasteiger partial charge on any atom is -0.449 e. The third-order valence-electron chi connectivity index (χ3n) is 3.84. The van der Waals surface area contributed by atoms with E-state index in [1.807, 2.05) is 17.8 Å². The number of furan rings is 1. The molecule has 3 heterocycles. The lowest BCUT2D eigenvalue weighted by molar-refractivity contribution is 0.0823. The molecule has 0 spiro atoms. The van der Waals surface area contributed by atoms with Crippen molar-refractivity contribution in [3.05, 3.63) is 36.1 Å². The Morgan fingerprint density at radius 3 is 2.91 bits per heavy atom. The van der Waals surface area contributed by atoms with Gasteiger partial charge in [0.05, 0.1) is 0 Å². The van der Waals surface area contributed by atoms with Crippen LogP contribution in [-0.2, 0) is 21.8 Å². The fraction of sp³-hybridized carbons (Fsp3) is 0.500. The molecule has 7 nitrogen and oxygen atoms in total. The number of rotatable bonds is 5. The molecule has 1 aliphatic rings. The van der Waals surface area contributed by atoms with E-state index in [1.54, 1.807) is 19.2 Å². The van der Waals surface area contributed by atoms with Crippen molar-refractivity contribution in [3.8, 4) is 0 Å². The van der Waals surface area contributed by atoms with Crippen LogP contribution in [0.5, 0.6) is 0 Å². The number of aromatic nitrogens is 2. The van der Waals surface area contributed by atoms with E-state index >= 15 is 0 Å². The molecule has 8 heteroatoms. The van der Waals surface area contributed by atoms with Crippen LogP contribution >= 0.6 is 0 Å². The van der Waals surface area contributed by atoms with Crippen LogP contribution in [0.15, 0.2) is 34.0 Å². The first-order chi connectivity index (χ1) is 10.5. The van der Waals surface area contributed by atoms with Gasteiger partial charge in [0.2, 0.25) is 5.09 Å². The van der Waals surface area contributed by atoms with Gasteiger partial charge < -0.3 is 13.7 Å². The monoisotopic (exact) mass is 325 g/mol. The van der Waals surface area contributed by atoms with Crippen LogP contribution in [0.25, 0.3) is 0 Å². The van der Waals surface area contributed by atoms with Crippen LogP contribution in [0.3, 0.4) is 0 Å². The largest absolute Gasteiger partial charge is 0.449 e. The van der Waals surface area contributed by atoms with E-state index in [-0.39, 0.29) is 17.1 Å². The maximum Gasteiger partial charge on any atom is 0.273 e. The van der Waals surface area contributed by atoms with Crippen molar-refractivity contribution in [1.29, 1.82) is 0 Å². The second-order valence-electron chi connectivity index (χ2n) is 5.45. The van der Waals surface area contributed by atoms with E-state index in [1.165, 1.54) is 6.07 Å². The Hall–Kier alpha value is -1.64. The molecule has 0 aliphatic carbocycles. The number of hydrogen-bond acceptors (Lipinski definition) is 5. The third-order valence-corrected chi connectivity index (χ3v) is 5.14. The highest BCUT2D eigenvalue weighted by Gasteiger charge is 2.33. The summed E-state index contributed by atoms with van der Waals surface area (Å²) in [5.41, 5.74) is 0. The highest BCUT2D eigenvalue weighted by atomic mass is 32.2. The molecule has 0 saturated carbocycles. The molecular weight excluding hydrogens is 306 g/mol. The standard InChI is InChI=1S/C14H19N3O4S/c1-10-3-4-12(21-10)22(18,19)16-9-11-5-8-20-13(11)14-15-6-7-17(14)2/h3-4,6-7,11,13,16H,5,8-9H2,1-2H3/t11-,13+/m0/s1. The van der Waals surface area contributed by atoms with Crippen molar-refractivity contribution in [2.75, 3.05) is 13.2 Å². The van der Waals surface area contributed by atoms with Gasteiger partial charge in [-0.3, -0.25) is 0 Å². The molecule has 2 aromatic rings. The number of ether oxygens (including phenoxy) is 1. The van der Waals surface area contributed by atoms with Crippen LogP contribution in [-0.4, -0.2) is 31.1 Å². The fourth-order valence-corrected chi connectivity index (χ4v) is 3.69. The van der Waals surface area contributed by atoms with Crippen molar-refractivity contribution in [2.45, 2.75) is 24.5 Å². The Kier molecular flexibility index (Phi) is 4.07. The summed E-state index contributed by atoms with van der Waals surface area (Å²) in [5, 5.41) is -0.0579. The predicted molar refractivity (Wildman–Crippen MR) is 78.6 cm³/mol. The molecule has 0 unspecified atom stereocenters. The summed E-state index contributed by atoms with van der Waals surface area (Å²) in [6.07, 6.45) is 4.16. The molecule has 1 fully saturated rings. The molecule has 120 valence electrons. The maximum absolute atomic E-state index is 12.2. The Labute approximate surface area is 129 Å². The number of nitrogens with zero attached hydrogens (tertiary/aromatic N) is 2. The van der Waals surface area contributed by atoms with Crippen LogP contribution in [0.4, 0.5) is 0 Å². The molecule has 1 saturated heterocycles. The minimum atomic E-state index is -3.63. The van der Waals surface area contributed by atoms with E-state index in [0.29, 0.717) is 18.9 Å². The highest BCUT2D eigenvalue weighted by Crippen LogP contribution is 2.33. The van der Waals surface area contributed by atoms with E-state index in [9.17, 15) is 8.42 Å². The lowest BCUT2D eigenvalue weighted by Crippen LogP contribution is -2.31. The molecule has 2 atom stereocenters. The summed E-state index contributed by atoms with van der Waals surface area (Å²) >= 11 is 0. The third kappa shape index (κ3) is 2.94. The zero-order chi connectivity index (χ0) is 15.7. The van der Waals surface area contributed by atoms with Crippen molar-refractivity contribution < 1.29 is 17.6 Å². The first kappa shape index (κ1) is 15.3. The van der Waals surface area contributed by atoms with Crippen LogP contribution in [0, 0.1) is 12.8 Å². The summed E-state index contributed by atoms with van der Waals surface area (Å²) in [4.78, 5) is 4.30. The first-order valence-electron chi connectivity index (χ1n) is 7.12. The SMILES string of the molecule is Cc1ccc(S(=O)(=O)NC[C@@H]2CCO[C@H]2c2nccn2C)o1. The van der Waals surface area contributed by atoms with Gasteiger partial charge >= 0.3 is 0 Å². The van der Waals surface area contributed by atoms with E-state index in [4.69, 9.17) is 9.15 Å². The van der Waals surface area contributed by atoms with E-state index < -0.39 is 10.0 Å². The number of hydrogen-bond donors (Lipinski definition) is 1. The average Bonchev–Trinajstić information content (AvgIpc) is 3.17. The second-order valence-corrected chi connectivity index (χ2v) is 7.15. The summed E-state index contributed by atoms with van der Waals surface area (Å²) < 4.78 is 39.8. The molecule has 22 heavy (non-hydrogen) atoms. The minimum absolute atomic E-state index is 0.0481. The molecule has 1 aliphatic heterocycles. The molecule has 0 amide bonds. The Morgan fingerprint density at radius 2 is 2.27 bits per heavy atom. The maximum atomic E-state index is 12.2. The van der Waals surface area contributed by atoms with Gasteiger partial charge in [-0.1, -0.05) is 0 Å². The van der Waals surface area contributed by atoms with Crippen molar-refractivity contribution in [3.63, 3.8) is 0 Å². The van der Waals surface area contributed by atoms with Gasteiger partial charge in [-0.2, -0.15) is 0 Å². The van der Waals surface area contributed by atoms with Crippen molar-refractivity contribution in [2.24, 2.45) is 13.0 Å². The van der Waals surface area contributed by atoms with Crippen LogP contribution in [0.2, 0.25) is 0 Å². The normalized spacial score (nSPS) is 22.3.